The van der Waals surface area contributed by atoms with Crippen molar-refractivity contribution in [3.8, 4) is 11.5 Å². The number of carbonyl (C=O) groups is 3. The first-order valence-electron chi connectivity index (χ1n) is 12.5. The molecule has 196 valence electrons. The first kappa shape index (κ1) is 24.6. The number of pyridine rings is 2. The molecular weight excluding hydrogens is 516 g/mol. The lowest BCUT2D eigenvalue weighted by molar-refractivity contribution is -0.117. The number of nitrogens with one attached hydrogen (secondary N) is 3. The average molecular weight is 541 g/mol. The number of benzene rings is 1. The fourth-order valence-electron chi connectivity index (χ4n) is 4.92. The van der Waals surface area contributed by atoms with E-state index >= 15 is 0 Å². The Balaban J connectivity index is 1.24. The molecule has 1 fully saturated rings. The van der Waals surface area contributed by atoms with Crippen molar-refractivity contribution in [1.82, 2.24) is 20.6 Å². The molecule has 3 N–H and O–H groups in total. The van der Waals surface area contributed by atoms with Crippen LogP contribution in [0.1, 0.15) is 28.9 Å². The Morgan fingerprint density at radius 3 is 2.59 bits per heavy atom. The summed E-state index contributed by atoms with van der Waals surface area (Å²) in [4.78, 5) is 49.6. The maximum Gasteiger partial charge on any atom is 0.332 e. The third-order valence-corrected chi connectivity index (χ3v) is 7.78. The van der Waals surface area contributed by atoms with E-state index in [2.05, 4.69) is 32.5 Å². The summed E-state index contributed by atoms with van der Waals surface area (Å²) in [7, 11) is 0. The van der Waals surface area contributed by atoms with Crippen LogP contribution in [0.15, 0.2) is 73.6 Å². The quantitative estimate of drug-likeness (QED) is 0.280. The molecule has 1 aliphatic carbocycles. The smallest absolute Gasteiger partial charge is 0.332 e. The summed E-state index contributed by atoms with van der Waals surface area (Å²) in [6.07, 6.45) is 6.55. The van der Waals surface area contributed by atoms with Crippen molar-refractivity contribution in [3.63, 3.8) is 0 Å². The normalized spacial score (nSPS) is 17.9. The summed E-state index contributed by atoms with van der Waals surface area (Å²) in [5.74, 6) is 1.12. The fraction of sp³-hybridized carbons (Fsp3) is 0.179. The van der Waals surface area contributed by atoms with Crippen molar-refractivity contribution in [2.24, 2.45) is 0 Å². The lowest BCUT2D eigenvalue weighted by atomic mass is 10.1. The molecular formula is C28H24N6O4S. The average Bonchev–Trinajstić information content (AvgIpc) is 3.55. The summed E-state index contributed by atoms with van der Waals surface area (Å²) < 4.78 is 5.82. The number of ether oxygens (including phenoxy) is 1. The number of para-hydroxylation sites is 1. The third kappa shape index (κ3) is 4.79. The van der Waals surface area contributed by atoms with E-state index in [9.17, 15) is 14.4 Å². The van der Waals surface area contributed by atoms with Crippen LogP contribution in [0.25, 0.3) is 10.2 Å². The lowest BCUT2D eigenvalue weighted by Crippen LogP contribution is -2.37. The summed E-state index contributed by atoms with van der Waals surface area (Å²) in [6, 6.07) is 14.0. The highest BCUT2D eigenvalue weighted by atomic mass is 32.1. The Labute approximate surface area is 227 Å². The Kier molecular flexibility index (Phi) is 6.41. The first-order valence-corrected chi connectivity index (χ1v) is 13.3. The lowest BCUT2D eigenvalue weighted by Gasteiger charge is -2.27. The van der Waals surface area contributed by atoms with Crippen LogP contribution < -0.4 is 25.6 Å². The van der Waals surface area contributed by atoms with Crippen molar-refractivity contribution in [2.45, 2.75) is 31.3 Å². The molecule has 4 heterocycles. The molecule has 0 saturated heterocycles. The van der Waals surface area contributed by atoms with Gasteiger partial charge in [0.2, 0.25) is 5.91 Å². The number of aromatic nitrogens is 2. The van der Waals surface area contributed by atoms with Crippen molar-refractivity contribution in [3.05, 3.63) is 78.5 Å². The van der Waals surface area contributed by atoms with Crippen molar-refractivity contribution in [2.75, 3.05) is 10.2 Å². The third-order valence-electron chi connectivity index (χ3n) is 6.68. The minimum atomic E-state index is -0.431. The molecule has 3 aromatic heterocycles. The van der Waals surface area contributed by atoms with Crippen LogP contribution in [0.3, 0.4) is 0 Å². The second kappa shape index (κ2) is 10.2. The number of hydrogen-bond acceptors (Lipinski definition) is 7. The van der Waals surface area contributed by atoms with Gasteiger partial charge < -0.3 is 20.7 Å². The highest BCUT2D eigenvalue weighted by Gasteiger charge is 2.34. The van der Waals surface area contributed by atoms with Gasteiger partial charge in [0.05, 0.1) is 23.0 Å². The van der Waals surface area contributed by atoms with Crippen molar-refractivity contribution >= 4 is 56.6 Å². The second-order valence-electron chi connectivity index (χ2n) is 9.24. The van der Waals surface area contributed by atoms with E-state index in [1.165, 1.54) is 22.3 Å². The van der Waals surface area contributed by atoms with E-state index in [0.717, 1.165) is 12.8 Å². The molecule has 10 nitrogen and oxygen atoms in total. The molecule has 4 aromatic rings. The zero-order valence-corrected chi connectivity index (χ0v) is 21.5. The highest BCUT2D eigenvalue weighted by Crippen LogP contribution is 2.45. The van der Waals surface area contributed by atoms with Gasteiger partial charge in [-0.05, 0) is 55.7 Å². The highest BCUT2D eigenvalue weighted by molar-refractivity contribution is 7.21. The summed E-state index contributed by atoms with van der Waals surface area (Å²) in [5, 5.41) is 9.50. The van der Waals surface area contributed by atoms with Crippen molar-refractivity contribution < 1.29 is 19.1 Å². The molecule has 11 heteroatoms. The van der Waals surface area contributed by atoms with Gasteiger partial charge in [0, 0.05) is 18.3 Å². The van der Waals surface area contributed by atoms with Crippen LogP contribution in [0.4, 0.5) is 22.0 Å². The zero-order valence-electron chi connectivity index (χ0n) is 20.7. The Hall–Kier alpha value is -4.77. The van der Waals surface area contributed by atoms with E-state index in [1.54, 1.807) is 30.6 Å². The van der Waals surface area contributed by atoms with Crippen LogP contribution in [0.2, 0.25) is 0 Å². The SMILES string of the molecule is C=CC(=O)NC1CCC(NC(=O)c2sc3nccc4c3c2NC(=O)N4c2ccc(Oc3ccccc3)cn2)C1. The van der Waals surface area contributed by atoms with E-state index in [4.69, 9.17) is 4.74 Å². The molecule has 0 bridgehead atoms. The fourth-order valence-corrected chi connectivity index (χ4v) is 5.94. The second-order valence-corrected chi connectivity index (χ2v) is 10.2. The molecule has 1 aromatic carbocycles. The summed E-state index contributed by atoms with van der Waals surface area (Å²) in [6.45, 7) is 3.48. The number of carbonyl (C=O) groups excluding carboxylic acids is 3. The molecule has 2 unspecified atom stereocenters. The van der Waals surface area contributed by atoms with Crippen LogP contribution in [-0.4, -0.2) is 39.9 Å². The Morgan fingerprint density at radius 2 is 1.85 bits per heavy atom. The van der Waals surface area contributed by atoms with Crippen LogP contribution in [0.5, 0.6) is 11.5 Å². The number of thiophene rings is 1. The maximum atomic E-state index is 13.3. The summed E-state index contributed by atoms with van der Waals surface area (Å²) >= 11 is 1.22. The van der Waals surface area contributed by atoms with Gasteiger partial charge in [-0.2, -0.15) is 0 Å². The predicted molar refractivity (Wildman–Crippen MR) is 149 cm³/mol. The molecule has 0 radical (unpaired) electrons. The van der Waals surface area contributed by atoms with E-state index < -0.39 is 6.03 Å². The molecule has 1 saturated carbocycles. The van der Waals surface area contributed by atoms with Crippen LogP contribution in [-0.2, 0) is 4.79 Å². The van der Waals surface area contributed by atoms with Gasteiger partial charge in [0.25, 0.3) is 5.91 Å². The first-order chi connectivity index (χ1) is 19.0. The van der Waals surface area contributed by atoms with E-state index in [-0.39, 0.29) is 23.9 Å². The minimum Gasteiger partial charge on any atom is -0.456 e. The Bertz CT molecular complexity index is 1590. The topological polar surface area (TPSA) is 126 Å². The number of nitrogens with zero attached hydrogens (tertiary/aromatic N) is 3. The van der Waals surface area contributed by atoms with Crippen LogP contribution in [0, 0.1) is 0 Å². The zero-order chi connectivity index (χ0) is 26.9. The number of hydrogen-bond donors (Lipinski definition) is 3. The van der Waals surface area contributed by atoms with Gasteiger partial charge in [-0.1, -0.05) is 24.8 Å². The molecule has 39 heavy (non-hydrogen) atoms. The summed E-state index contributed by atoms with van der Waals surface area (Å²) in [5.41, 5.74) is 1.03. The van der Waals surface area contributed by atoms with Gasteiger partial charge in [-0.25, -0.2) is 19.7 Å². The molecule has 2 aliphatic rings. The molecule has 2 atom stereocenters. The predicted octanol–water partition coefficient (Wildman–Crippen LogP) is 5.12. The molecule has 1 aliphatic heterocycles. The number of anilines is 3. The van der Waals surface area contributed by atoms with E-state index in [0.29, 0.717) is 50.2 Å². The van der Waals surface area contributed by atoms with Crippen molar-refractivity contribution in [1.29, 1.82) is 0 Å². The molecule has 4 amide bonds. The Morgan fingerprint density at radius 1 is 1.05 bits per heavy atom. The van der Waals surface area contributed by atoms with Gasteiger partial charge in [0.1, 0.15) is 27.0 Å². The molecule has 6 rings (SSSR count). The van der Waals surface area contributed by atoms with Gasteiger partial charge in [-0.15, -0.1) is 11.3 Å². The number of amides is 4. The van der Waals surface area contributed by atoms with E-state index in [1.807, 2.05) is 30.3 Å². The minimum absolute atomic E-state index is 0.0138. The van der Waals surface area contributed by atoms with Gasteiger partial charge in [0.15, 0.2) is 0 Å². The standard InChI is InChI=1S/C28H24N6O4S/c1-2-22(35)31-16-8-9-17(14-16)32-26(36)25-24-23-20(12-13-29-27(23)39-25)34(28(37)33-24)21-11-10-19(15-30-21)38-18-6-4-3-5-7-18/h2-7,10-13,15-17H,1,8-9,14H2,(H,31,35)(H,32,36)(H,33,37). The number of urea groups is 1. The van der Waals surface area contributed by atoms with Gasteiger partial charge >= 0.3 is 6.03 Å². The monoisotopic (exact) mass is 540 g/mol. The molecule has 0 spiro atoms. The number of rotatable bonds is 7. The largest absolute Gasteiger partial charge is 0.456 e. The van der Waals surface area contributed by atoms with Crippen LogP contribution >= 0.6 is 11.3 Å². The maximum absolute atomic E-state index is 13.3. The van der Waals surface area contributed by atoms with Gasteiger partial charge in [-0.3, -0.25) is 9.59 Å².